The molecule has 1 amide bonds. The van der Waals surface area contributed by atoms with E-state index in [-0.39, 0.29) is 19.6 Å². The average Bonchev–Trinajstić information content (AvgIpc) is 2.91. The fourth-order valence-corrected chi connectivity index (χ4v) is 3.00. The predicted octanol–water partition coefficient (Wildman–Crippen LogP) is -0.209. The Hall–Kier alpha value is -1.93. The largest absolute Gasteiger partial charge is 0.481 e. The van der Waals surface area contributed by atoms with Crippen molar-refractivity contribution in [2.45, 2.75) is 11.8 Å². The lowest BCUT2D eigenvalue weighted by atomic mass is 9.80. The molecule has 1 aliphatic rings. The molecule has 0 bridgehead atoms. The van der Waals surface area contributed by atoms with Gasteiger partial charge in [-0.2, -0.15) is 0 Å². The van der Waals surface area contributed by atoms with Crippen molar-refractivity contribution in [1.82, 2.24) is 9.62 Å². The van der Waals surface area contributed by atoms with Crippen LogP contribution >= 0.6 is 0 Å². The van der Waals surface area contributed by atoms with Gasteiger partial charge in [0.15, 0.2) is 0 Å². The van der Waals surface area contributed by atoms with Gasteiger partial charge in [-0.05, 0) is 12.0 Å². The number of benzene rings is 1. The molecule has 0 aliphatic carbocycles. The topological polar surface area (TPSA) is 104 Å². The number of carbonyl (C=O) groups is 2. The summed E-state index contributed by atoms with van der Waals surface area (Å²) in [5, 5.41) is 9.63. The van der Waals surface area contributed by atoms with E-state index in [1.165, 1.54) is 4.90 Å². The number of amides is 1. The monoisotopic (exact) mass is 326 g/mol. The highest BCUT2D eigenvalue weighted by Crippen LogP contribution is 2.34. The van der Waals surface area contributed by atoms with Gasteiger partial charge in [-0.3, -0.25) is 9.59 Å². The third-order valence-corrected chi connectivity index (χ3v) is 4.51. The Labute approximate surface area is 129 Å². The molecule has 2 rings (SSSR count). The van der Waals surface area contributed by atoms with E-state index < -0.39 is 27.3 Å². The zero-order valence-corrected chi connectivity index (χ0v) is 13.0. The highest BCUT2D eigenvalue weighted by molar-refractivity contribution is 7.88. The number of rotatable bonds is 5. The molecule has 0 unspecified atom stereocenters. The maximum atomic E-state index is 12.0. The molecule has 1 aliphatic heterocycles. The molecule has 7 nitrogen and oxygen atoms in total. The van der Waals surface area contributed by atoms with E-state index in [1.807, 2.05) is 0 Å². The quantitative estimate of drug-likeness (QED) is 0.779. The average molecular weight is 326 g/mol. The Kier molecular flexibility index (Phi) is 4.52. The molecule has 0 spiro atoms. The second-order valence-electron chi connectivity index (χ2n) is 5.41. The number of hydrogen-bond donors (Lipinski definition) is 2. The number of hydrogen-bond acceptors (Lipinski definition) is 4. The number of aliphatic carboxylic acids is 1. The van der Waals surface area contributed by atoms with Crippen LogP contribution in [0.5, 0.6) is 0 Å². The standard InChI is InChI=1S/C14H18N2O5S/c1-22(20,21)15-9-12(17)16-8-7-14(10-16,13(18)19)11-5-3-2-4-6-11/h2-6,15H,7-10H2,1H3,(H,18,19)/t14-/m0/s1. The molecular formula is C14H18N2O5S. The number of nitrogens with zero attached hydrogens (tertiary/aromatic N) is 1. The van der Waals surface area contributed by atoms with Gasteiger partial charge in [0.1, 0.15) is 5.41 Å². The van der Waals surface area contributed by atoms with Crippen LogP contribution in [0.4, 0.5) is 0 Å². The SMILES string of the molecule is CS(=O)(=O)NCC(=O)N1CC[C@@](C(=O)O)(c2ccccc2)C1. The van der Waals surface area contributed by atoms with Crippen LogP contribution in [0.15, 0.2) is 30.3 Å². The van der Waals surface area contributed by atoms with Gasteiger partial charge in [-0.15, -0.1) is 0 Å². The summed E-state index contributed by atoms with van der Waals surface area (Å²) < 4.78 is 24.2. The second kappa shape index (κ2) is 6.05. The maximum Gasteiger partial charge on any atom is 0.316 e. The fraction of sp³-hybridized carbons (Fsp3) is 0.429. The predicted molar refractivity (Wildman–Crippen MR) is 79.8 cm³/mol. The molecule has 8 heteroatoms. The molecule has 1 aromatic carbocycles. The van der Waals surface area contributed by atoms with E-state index in [9.17, 15) is 23.1 Å². The molecule has 0 saturated carbocycles. The summed E-state index contributed by atoms with van der Waals surface area (Å²) in [5.41, 5.74) is -0.490. The minimum atomic E-state index is -3.46. The van der Waals surface area contributed by atoms with Crippen molar-refractivity contribution in [1.29, 1.82) is 0 Å². The molecule has 120 valence electrons. The van der Waals surface area contributed by atoms with Crippen LogP contribution in [-0.4, -0.2) is 56.2 Å². The summed E-state index contributed by atoms with van der Waals surface area (Å²) >= 11 is 0. The molecule has 22 heavy (non-hydrogen) atoms. The highest BCUT2D eigenvalue weighted by atomic mass is 32.2. The van der Waals surface area contributed by atoms with Crippen molar-refractivity contribution in [3.05, 3.63) is 35.9 Å². The first-order chi connectivity index (χ1) is 10.2. The van der Waals surface area contributed by atoms with Crippen LogP contribution in [0.25, 0.3) is 0 Å². The Bertz CT molecular complexity index is 674. The summed E-state index contributed by atoms with van der Waals surface area (Å²) in [5.74, 6) is -1.41. The third-order valence-electron chi connectivity index (χ3n) is 3.84. The Morgan fingerprint density at radius 1 is 1.32 bits per heavy atom. The lowest BCUT2D eigenvalue weighted by molar-refractivity contribution is -0.143. The Balaban J connectivity index is 2.15. The van der Waals surface area contributed by atoms with E-state index in [4.69, 9.17) is 0 Å². The zero-order valence-electron chi connectivity index (χ0n) is 12.2. The van der Waals surface area contributed by atoms with E-state index in [0.717, 1.165) is 6.26 Å². The van der Waals surface area contributed by atoms with Crippen LogP contribution in [0.2, 0.25) is 0 Å². The molecule has 0 radical (unpaired) electrons. The van der Waals surface area contributed by atoms with Gasteiger partial charge in [0.25, 0.3) is 0 Å². The van der Waals surface area contributed by atoms with E-state index >= 15 is 0 Å². The molecule has 1 saturated heterocycles. The van der Waals surface area contributed by atoms with Crippen molar-refractivity contribution in [2.75, 3.05) is 25.9 Å². The van der Waals surface area contributed by atoms with Gasteiger partial charge in [0.2, 0.25) is 15.9 Å². The fourth-order valence-electron chi connectivity index (χ4n) is 2.62. The van der Waals surface area contributed by atoms with Gasteiger partial charge in [-0.25, -0.2) is 13.1 Å². The van der Waals surface area contributed by atoms with Gasteiger partial charge in [0, 0.05) is 13.1 Å². The number of likely N-dealkylation sites (tertiary alicyclic amines) is 1. The third kappa shape index (κ3) is 3.45. The first-order valence-electron chi connectivity index (χ1n) is 6.76. The molecule has 1 aromatic rings. The van der Waals surface area contributed by atoms with Crippen molar-refractivity contribution in [2.24, 2.45) is 0 Å². The summed E-state index contributed by atoms with van der Waals surface area (Å²) in [6.07, 6.45) is 1.27. The van der Waals surface area contributed by atoms with E-state index in [2.05, 4.69) is 4.72 Å². The number of sulfonamides is 1. The molecule has 0 aromatic heterocycles. The summed E-state index contributed by atoms with van der Waals surface area (Å²) in [7, 11) is -3.46. The highest BCUT2D eigenvalue weighted by Gasteiger charge is 2.47. The minimum absolute atomic E-state index is 0.0383. The minimum Gasteiger partial charge on any atom is -0.481 e. The van der Waals surface area contributed by atoms with Crippen molar-refractivity contribution < 1.29 is 23.1 Å². The van der Waals surface area contributed by atoms with Crippen LogP contribution < -0.4 is 4.72 Å². The number of carboxylic acids is 1. The molecule has 1 heterocycles. The normalized spacial score (nSPS) is 21.8. The Morgan fingerprint density at radius 2 is 1.95 bits per heavy atom. The second-order valence-corrected chi connectivity index (χ2v) is 7.24. The van der Waals surface area contributed by atoms with Crippen molar-refractivity contribution in [3.63, 3.8) is 0 Å². The van der Waals surface area contributed by atoms with Crippen molar-refractivity contribution >= 4 is 21.9 Å². The summed E-state index contributed by atoms with van der Waals surface area (Å²) in [6.45, 7) is -0.0363. The van der Waals surface area contributed by atoms with Gasteiger partial charge >= 0.3 is 5.97 Å². The van der Waals surface area contributed by atoms with Crippen LogP contribution in [0, 0.1) is 0 Å². The van der Waals surface area contributed by atoms with Gasteiger partial charge in [0.05, 0.1) is 12.8 Å². The molecule has 1 fully saturated rings. The van der Waals surface area contributed by atoms with E-state index in [0.29, 0.717) is 12.0 Å². The first kappa shape index (κ1) is 16.4. The lowest BCUT2D eigenvalue weighted by Crippen LogP contribution is -2.43. The zero-order chi connectivity index (χ0) is 16.4. The van der Waals surface area contributed by atoms with Gasteiger partial charge in [-0.1, -0.05) is 30.3 Å². The van der Waals surface area contributed by atoms with Gasteiger partial charge < -0.3 is 10.0 Å². The molecule has 1 atom stereocenters. The van der Waals surface area contributed by atoms with Crippen LogP contribution in [-0.2, 0) is 25.0 Å². The van der Waals surface area contributed by atoms with Crippen LogP contribution in [0.1, 0.15) is 12.0 Å². The first-order valence-corrected chi connectivity index (χ1v) is 8.65. The number of carbonyl (C=O) groups excluding carboxylic acids is 1. The Morgan fingerprint density at radius 3 is 2.50 bits per heavy atom. The molecular weight excluding hydrogens is 308 g/mol. The smallest absolute Gasteiger partial charge is 0.316 e. The number of carboxylic acid groups (broad SMARTS) is 1. The van der Waals surface area contributed by atoms with Crippen LogP contribution in [0.3, 0.4) is 0 Å². The maximum absolute atomic E-state index is 12.0. The summed E-state index contributed by atoms with van der Waals surface area (Å²) in [6, 6.07) is 8.78. The van der Waals surface area contributed by atoms with Crippen molar-refractivity contribution in [3.8, 4) is 0 Å². The summed E-state index contributed by atoms with van der Waals surface area (Å²) in [4.78, 5) is 25.2. The lowest BCUT2D eigenvalue weighted by Gasteiger charge is -2.25. The molecule has 2 N–H and O–H groups in total. The van der Waals surface area contributed by atoms with E-state index in [1.54, 1.807) is 30.3 Å². The number of nitrogens with one attached hydrogen (secondary N) is 1.